The molecule has 0 bridgehead atoms. The molecule has 3 N–H and O–H groups in total. The zero-order chi connectivity index (χ0) is 17.6. The number of nitrogens with one attached hydrogen (secondary N) is 1. The fourth-order valence-corrected chi connectivity index (χ4v) is 3.87. The lowest BCUT2D eigenvalue weighted by molar-refractivity contribution is 0.172. The average Bonchev–Trinajstić information content (AvgIpc) is 2.63. The number of nitrogens with two attached hydrogens (primary N) is 1. The van der Waals surface area contributed by atoms with Gasteiger partial charge in [-0.3, -0.25) is 10.3 Å². The van der Waals surface area contributed by atoms with Gasteiger partial charge in [-0.05, 0) is 29.3 Å². The van der Waals surface area contributed by atoms with Gasteiger partial charge in [0.15, 0.2) is 5.96 Å². The third-order valence-electron chi connectivity index (χ3n) is 4.25. The molecule has 25 heavy (non-hydrogen) atoms. The Balaban J connectivity index is 1.59. The molecule has 0 radical (unpaired) electrons. The molecular formula is C18H22ClN5S. The fourth-order valence-electron chi connectivity index (χ4n) is 2.79. The Morgan fingerprint density at radius 1 is 1.16 bits per heavy atom. The van der Waals surface area contributed by atoms with Gasteiger partial charge in [0.2, 0.25) is 0 Å². The summed E-state index contributed by atoms with van der Waals surface area (Å²) in [4.78, 5) is 8.87. The fraction of sp³-hybridized carbons (Fsp3) is 0.333. The highest BCUT2D eigenvalue weighted by Crippen LogP contribution is 2.26. The largest absolute Gasteiger partial charge is 0.370 e. The highest BCUT2D eigenvalue weighted by Gasteiger charge is 2.18. The van der Waals surface area contributed by atoms with Crippen LogP contribution in [0, 0.1) is 5.41 Å². The van der Waals surface area contributed by atoms with Gasteiger partial charge in [0, 0.05) is 49.7 Å². The zero-order valence-corrected chi connectivity index (χ0v) is 15.6. The van der Waals surface area contributed by atoms with Gasteiger partial charge in [-0.25, -0.2) is 4.98 Å². The minimum atomic E-state index is 0.167. The summed E-state index contributed by atoms with van der Waals surface area (Å²) >= 11 is 7.70. The molecule has 0 atom stereocenters. The molecule has 0 amide bonds. The summed E-state index contributed by atoms with van der Waals surface area (Å²) in [6.45, 7) is 4.32. The van der Waals surface area contributed by atoms with E-state index in [0.717, 1.165) is 48.5 Å². The molecule has 1 aromatic heterocycles. The van der Waals surface area contributed by atoms with Gasteiger partial charge in [0.25, 0.3) is 0 Å². The van der Waals surface area contributed by atoms with Gasteiger partial charge >= 0.3 is 0 Å². The van der Waals surface area contributed by atoms with Crippen molar-refractivity contribution in [3.05, 3.63) is 58.7 Å². The Morgan fingerprint density at radius 2 is 1.88 bits per heavy atom. The van der Waals surface area contributed by atoms with Crippen molar-refractivity contribution in [3.8, 4) is 0 Å². The van der Waals surface area contributed by atoms with E-state index < -0.39 is 0 Å². The lowest BCUT2D eigenvalue weighted by atomic mass is 10.2. The molecule has 2 heterocycles. The smallest absolute Gasteiger partial charge is 0.188 e. The van der Waals surface area contributed by atoms with E-state index in [2.05, 4.69) is 28.1 Å². The third-order valence-corrected chi connectivity index (χ3v) is 5.62. The number of rotatable bonds is 5. The van der Waals surface area contributed by atoms with E-state index in [4.69, 9.17) is 22.7 Å². The van der Waals surface area contributed by atoms with Gasteiger partial charge in [-0.2, -0.15) is 0 Å². The molecule has 132 valence electrons. The van der Waals surface area contributed by atoms with Gasteiger partial charge in [-0.15, -0.1) is 11.8 Å². The van der Waals surface area contributed by atoms with Gasteiger partial charge in [0.1, 0.15) is 5.03 Å². The van der Waals surface area contributed by atoms with Crippen LogP contribution in [0.15, 0.2) is 47.6 Å². The monoisotopic (exact) mass is 375 g/mol. The lowest BCUT2D eigenvalue weighted by Crippen LogP contribution is -2.50. The minimum absolute atomic E-state index is 0.167. The highest BCUT2D eigenvalue weighted by atomic mass is 35.5. The first-order chi connectivity index (χ1) is 12.1. The van der Waals surface area contributed by atoms with Crippen molar-refractivity contribution < 1.29 is 0 Å². The van der Waals surface area contributed by atoms with Crippen LogP contribution in [0.25, 0.3) is 0 Å². The third kappa shape index (κ3) is 5.11. The minimum Gasteiger partial charge on any atom is -0.370 e. The number of halogens is 1. The van der Waals surface area contributed by atoms with E-state index in [-0.39, 0.29) is 5.96 Å². The van der Waals surface area contributed by atoms with E-state index in [9.17, 15) is 0 Å². The van der Waals surface area contributed by atoms with Crippen LogP contribution in [0.1, 0.15) is 11.1 Å². The molecule has 5 nitrogen and oxygen atoms in total. The summed E-state index contributed by atoms with van der Waals surface area (Å²) in [5, 5.41) is 9.36. The first-order valence-corrected chi connectivity index (χ1v) is 9.60. The van der Waals surface area contributed by atoms with Crippen molar-refractivity contribution in [2.24, 2.45) is 5.73 Å². The number of pyridine rings is 1. The van der Waals surface area contributed by atoms with Crippen molar-refractivity contribution in [3.63, 3.8) is 0 Å². The van der Waals surface area contributed by atoms with Crippen molar-refractivity contribution >= 4 is 29.3 Å². The van der Waals surface area contributed by atoms with Gasteiger partial charge < -0.3 is 10.6 Å². The van der Waals surface area contributed by atoms with Gasteiger partial charge in [0.05, 0.1) is 0 Å². The number of hydrogen-bond acceptors (Lipinski definition) is 4. The average molecular weight is 376 g/mol. The summed E-state index contributed by atoms with van der Waals surface area (Å²) in [7, 11) is 0. The Morgan fingerprint density at radius 3 is 2.56 bits per heavy atom. The second-order valence-corrected chi connectivity index (χ2v) is 7.43. The molecule has 1 aromatic carbocycles. The predicted octanol–water partition coefficient (Wildman–Crippen LogP) is 3.04. The van der Waals surface area contributed by atoms with Crippen LogP contribution < -0.4 is 5.73 Å². The number of benzene rings is 1. The van der Waals surface area contributed by atoms with Crippen LogP contribution in [-0.4, -0.2) is 46.9 Å². The lowest BCUT2D eigenvalue weighted by Gasteiger charge is -2.35. The number of hydrogen-bond donors (Lipinski definition) is 2. The molecule has 7 heteroatoms. The Hall–Kier alpha value is -1.76. The first-order valence-electron chi connectivity index (χ1n) is 8.24. The molecule has 3 rings (SSSR count). The van der Waals surface area contributed by atoms with Crippen molar-refractivity contribution in [2.45, 2.75) is 17.3 Å². The summed E-state index contributed by atoms with van der Waals surface area (Å²) in [6.07, 6.45) is 1.85. The number of piperazine rings is 1. The van der Waals surface area contributed by atoms with E-state index in [0.29, 0.717) is 0 Å². The second kappa shape index (κ2) is 8.56. The molecule has 1 aliphatic rings. The Labute approximate surface area is 157 Å². The maximum absolute atomic E-state index is 7.52. The van der Waals surface area contributed by atoms with E-state index in [1.807, 2.05) is 29.3 Å². The van der Waals surface area contributed by atoms with Crippen LogP contribution in [-0.2, 0) is 12.3 Å². The topological polar surface area (TPSA) is 69.2 Å². The molecule has 1 aliphatic heterocycles. The molecule has 1 saturated heterocycles. The summed E-state index contributed by atoms with van der Waals surface area (Å²) in [5.41, 5.74) is 8.05. The highest BCUT2D eigenvalue weighted by molar-refractivity contribution is 7.98. The molecule has 0 aliphatic carbocycles. The number of nitrogens with zero attached hydrogens (tertiary/aromatic N) is 3. The van der Waals surface area contributed by atoms with Crippen LogP contribution in [0.2, 0.25) is 5.02 Å². The number of aromatic nitrogens is 1. The van der Waals surface area contributed by atoms with Crippen molar-refractivity contribution in [2.75, 3.05) is 26.2 Å². The molecule has 2 aromatic rings. The van der Waals surface area contributed by atoms with Crippen LogP contribution in [0.5, 0.6) is 0 Å². The zero-order valence-electron chi connectivity index (χ0n) is 14.0. The van der Waals surface area contributed by atoms with Crippen LogP contribution in [0.3, 0.4) is 0 Å². The first kappa shape index (κ1) is 18.0. The van der Waals surface area contributed by atoms with Gasteiger partial charge in [-0.1, -0.05) is 29.8 Å². The maximum atomic E-state index is 7.52. The normalized spacial score (nSPS) is 15.3. The standard InChI is InChI=1S/C18H22ClN5S/c19-16-5-3-14(4-6-16)13-25-17-15(2-1-7-22-17)12-23-8-10-24(11-9-23)18(20)21/h1-7H,8-13H2,(H3,20,21). The van der Waals surface area contributed by atoms with E-state index >= 15 is 0 Å². The van der Waals surface area contributed by atoms with Crippen LogP contribution in [0.4, 0.5) is 0 Å². The van der Waals surface area contributed by atoms with Crippen molar-refractivity contribution in [1.29, 1.82) is 5.41 Å². The summed E-state index contributed by atoms with van der Waals surface area (Å²) < 4.78 is 0. The molecule has 1 fully saturated rings. The molecule has 0 unspecified atom stereocenters. The van der Waals surface area contributed by atoms with Crippen LogP contribution >= 0.6 is 23.4 Å². The predicted molar refractivity (Wildman–Crippen MR) is 104 cm³/mol. The van der Waals surface area contributed by atoms with Crippen molar-refractivity contribution in [1.82, 2.24) is 14.8 Å². The van der Waals surface area contributed by atoms with E-state index in [1.54, 1.807) is 11.8 Å². The summed E-state index contributed by atoms with van der Waals surface area (Å²) in [5.74, 6) is 1.04. The summed E-state index contributed by atoms with van der Waals surface area (Å²) in [6, 6.07) is 12.1. The second-order valence-electron chi connectivity index (χ2n) is 6.03. The molecular weight excluding hydrogens is 354 g/mol. The Bertz CT molecular complexity index is 714. The SMILES string of the molecule is N=C(N)N1CCN(Cc2cccnc2SCc2ccc(Cl)cc2)CC1. The Kier molecular flexibility index (Phi) is 6.18. The maximum Gasteiger partial charge on any atom is 0.188 e. The number of thioether (sulfide) groups is 1. The number of guanidine groups is 1. The molecule has 0 saturated carbocycles. The molecule has 0 spiro atoms. The quantitative estimate of drug-likeness (QED) is 0.477. The van der Waals surface area contributed by atoms with E-state index in [1.165, 1.54) is 11.1 Å².